The molecule has 0 aliphatic heterocycles. The van der Waals surface area contributed by atoms with Gasteiger partial charge in [-0.2, -0.15) is 18.3 Å². The van der Waals surface area contributed by atoms with E-state index >= 15 is 0 Å². The molecule has 154 valence electrons. The van der Waals surface area contributed by atoms with Crippen molar-refractivity contribution in [2.75, 3.05) is 0 Å². The maximum Gasteiger partial charge on any atom is 0.435 e. The van der Waals surface area contributed by atoms with E-state index in [1.807, 2.05) is 22.6 Å². The number of rotatable bonds is 2. The molecule has 0 unspecified atom stereocenters. The molecule has 0 N–H and O–H groups in total. The van der Waals surface area contributed by atoms with Gasteiger partial charge in [-0.1, -0.05) is 23.2 Å². The highest BCUT2D eigenvalue weighted by molar-refractivity contribution is 14.1. The van der Waals surface area contributed by atoms with Crippen molar-refractivity contribution >= 4 is 56.7 Å². The molecule has 4 aromatic rings. The fraction of sp³-hybridized carbons (Fsp3) is 0.111. The second-order valence-corrected chi connectivity index (χ2v) is 8.26. The van der Waals surface area contributed by atoms with Crippen LogP contribution in [0.4, 0.5) is 13.2 Å². The third kappa shape index (κ3) is 3.67. The number of halogens is 6. The molecule has 3 heterocycles. The molecule has 3 aromatic heterocycles. The van der Waals surface area contributed by atoms with E-state index < -0.39 is 17.5 Å². The minimum atomic E-state index is -4.77. The summed E-state index contributed by atoms with van der Waals surface area (Å²) in [4.78, 5) is 20.6. The Labute approximate surface area is 189 Å². The summed E-state index contributed by atoms with van der Waals surface area (Å²) in [5.41, 5.74) is -1.31. The second-order valence-electron chi connectivity index (χ2n) is 6.20. The lowest BCUT2D eigenvalue weighted by molar-refractivity contribution is -0.141. The molecule has 12 heteroatoms. The van der Waals surface area contributed by atoms with Crippen molar-refractivity contribution in [1.82, 2.24) is 19.7 Å². The van der Waals surface area contributed by atoms with Gasteiger partial charge in [-0.05, 0) is 47.2 Å². The third-order valence-electron chi connectivity index (χ3n) is 4.15. The molecular formula is C18H8Cl2F3IN4O2. The zero-order valence-corrected chi connectivity index (χ0v) is 18.4. The van der Waals surface area contributed by atoms with E-state index in [4.69, 9.17) is 27.6 Å². The van der Waals surface area contributed by atoms with Crippen LogP contribution in [0.1, 0.15) is 11.3 Å². The maximum atomic E-state index is 13.4. The highest BCUT2D eigenvalue weighted by Gasteiger charge is 2.36. The minimum absolute atomic E-state index is 0.0468. The lowest BCUT2D eigenvalue weighted by atomic mass is 10.1. The summed E-state index contributed by atoms with van der Waals surface area (Å²) in [7, 11) is 0. The van der Waals surface area contributed by atoms with Gasteiger partial charge in [0.15, 0.2) is 5.69 Å². The average Bonchev–Trinajstić information content (AvgIpc) is 3.07. The Morgan fingerprint density at radius 3 is 2.43 bits per heavy atom. The summed E-state index contributed by atoms with van der Waals surface area (Å²) in [5.74, 6) is -0.358. The van der Waals surface area contributed by atoms with E-state index in [0.717, 1.165) is 8.25 Å². The summed E-state index contributed by atoms with van der Waals surface area (Å²) in [6.07, 6.45) is -2.36. The lowest BCUT2D eigenvalue weighted by Crippen LogP contribution is -2.09. The molecule has 0 bridgehead atoms. The summed E-state index contributed by atoms with van der Waals surface area (Å²) in [6.45, 7) is 1.73. The number of fused-ring (bicyclic) bond motifs is 1. The van der Waals surface area contributed by atoms with Gasteiger partial charge < -0.3 is 4.42 Å². The van der Waals surface area contributed by atoms with Gasteiger partial charge in [-0.15, -0.1) is 0 Å². The molecule has 0 aliphatic rings. The van der Waals surface area contributed by atoms with Gasteiger partial charge in [0.1, 0.15) is 11.4 Å². The molecule has 0 saturated carbocycles. The van der Waals surface area contributed by atoms with Crippen LogP contribution in [0.5, 0.6) is 0 Å². The predicted octanol–water partition coefficient (Wildman–Crippen LogP) is 5.67. The first-order chi connectivity index (χ1) is 14.1. The number of nitrogens with zero attached hydrogens (tertiary/aromatic N) is 4. The van der Waals surface area contributed by atoms with Crippen molar-refractivity contribution in [1.29, 1.82) is 0 Å². The fourth-order valence-corrected chi connectivity index (χ4v) is 4.17. The number of alkyl halides is 3. The molecule has 0 fully saturated rings. The van der Waals surface area contributed by atoms with Crippen molar-refractivity contribution in [2.45, 2.75) is 13.1 Å². The summed E-state index contributed by atoms with van der Waals surface area (Å²) >= 11 is 14.3. The molecule has 6 nitrogen and oxygen atoms in total. The van der Waals surface area contributed by atoms with Crippen LogP contribution in [-0.2, 0) is 6.18 Å². The average molecular weight is 567 g/mol. The number of hydrogen-bond acceptors (Lipinski definition) is 5. The van der Waals surface area contributed by atoms with Crippen LogP contribution in [0.3, 0.4) is 0 Å². The molecular weight excluding hydrogens is 559 g/mol. The Hall–Kier alpha value is -2.18. The van der Waals surface area contributed by atoms with Crippen LogP contribution in [0.15, 0.2) is 39.8 Å². The minimum Gasteiger partial charge on any atom is -0.401 e. The highest BCUT2D eigenvalue weighted by atomic mass is 127. The first kappa shape index (κ1) is 21.1. The smallest absolute Gasteiger partial charge is 0.401 e. The molecule has 0 radical (unpaired) electrons. The lowest BCUT2D eigenvalue weighted by Gasteiger charge is -2.10. The van der Waals surface area contributed by atoms with Crippen LogP contribution in [0.2, 0.25) is 10.0 Å². The predicted molar refractivity (Wildman–Crippen MR) is 113 cm³/mol. The number of benzene rings is 1. The zero-order chi connectivity index (χ0) is 21.8. The summed E-state index contributed by atoms with van der Waals surface area (Å²) in [5, 5.41) is 3.71. The number of hydrogen-bond donors (Lipinski definition) is 0. The third-order valence-corrected chi connectivity index (χ3v) is 5.32. The quantitative estimate of drug-likeness (QED) is 0.292. The molecule has 0 aliphatic carbocycles. The normalized spacial score (nSPS) is 12.0. The molecule has 30 heavy (non-hydrogen) atoms. The van der Waals surface area contributed by atoms with E-state index in [1.54, 1.807) is 19.1 Å². The van der Waals surface area contributed by atoms with Crippen molar-refractivity contribution in [2.24, 2.45) is 0 Å². The highest BCUT2D eigenvalue weighted by Crippen LogP contribution is 2.36. The largest absolute Gasteiger partial charge is 0.435 e. The first-order valence-corrected chi connectivity index (χ1v) is 9.97. The van der Waals surface area contributed by atoms with E-state index in [0.29, 0.717) is 17.1 Å². The van der Waals surface area contributed by atoms with Gasteiger partial charge in [0.2, 0.25) is 5.89 Å². The number of aryl methyl sites for hydroxylation is 1. The van der Waals surface area contributed by atoms with Gasteiger partial charge in [-0.25, -0.2) is 14.5 Å². The molecule has 0 saturated heterocycles. The molecule has 1 aromatic carbocycles. The van der Waals surface area contributed by atoms with E-state index in [2.05, 4.69) is 15.1 Å². The monoisotopic (exact) mass is 566 g/mol. The number of aromatic nitrogens is 4. The Bertz CT molecular complexity index is 1350. The molecule has 0 atom stereocenters. The second kappa shape index (κ2) is 7.50. The number of pyridine rings is 1. The van der Waals surface area contributed by atoms with Gasteiger partial charge in [-0.3, -0.25) is 4.98 Å². The van der Waals surface area contributed by atoms with Crippen molar-refractivity contribution in [3.8, 4) is 17.3 Å². The van der Waals surface area contributed by atoms with Gasteiger partial charge >= 0.3 is 11.8 Å². The van der Waals surface area contributed by atoms with Gasteiger partial charge in [0.25, 0.3) is 0 Å². The van der Waals surface area contributed by atoms with E-state index in [9.17, 15) is 18.0 Å². The summed E-state index contributed by atoms with van der Waals surface area (Å²) in [6, 6.07) is 4.08. The maximum absolute atomic E-state index is 13.4. The Morgan fingerprint density at radius 2 is 1.80 bits per heavy atom. The Kier molecular flexibility index (Phi) is 5.27. The SMILES string of the molecule is Cc1cc(I)cc2c(=O)oc(-c3cc(C(F)(F)F)nn3-c3c(Cl)cncc3Cl)nc12. The van der Waals surface area contributed by atoms with Crippen molar-refractivity contribution in [3.05, 3.63) is 65.9 Å². The Morgan fingerprint density at radius 1 is 1.13 bits per heavy atom. The summed E-state index contributed by atoms with van der Waals surface area (Å²) < 4.78 is 47.0. The van der Waals surface area contributed by atoms with Gasteiger partial charge in [0, 0.05) is 22.0 Å². The molecule has 4 rings (SSSR count). The van der Waals surface area contributed by atoms with Crippen LogP contribution in [0, 0.1) is 10.5 Å². The topological polar surface area (TPSA) is 73.8 Å². The molecule has 0 spiro atoms. The van der Waals surface area contributed by atoms with Crippen LogP contribution in [-0.4, -0.2) is 19.7 Å². The van der Waals surface area contributed by atoms with E-state index in [1.165, 1.54) is 12.4 Å². The standard InChI is InChI=1S/C18H8Cl2F3IN4O2/c1-7-2-8(24)3-9-14(7)26-16(30-17(9)29)12-4-13(18(21,22)23)27-28(12)15-10(19)5-25-6-11(15)20/h2-6H,1H3. The van der Waals surface area contributed by atoms with Crippen molar-refractivity contribution < 1.29 is 17.6 Å². The zero-order valence-electron chi connectivity index (χ0n) is 14.8. The Balaban J connectivity index is 2.06. The van der Waals surface area contributed by atoms with Crippen LogP contribution < -0.4 is 5.63 Å². The van der Waals surface area contributed by atoms with Gasteiger partial charge in [0.05, 0.1) is 20.9 Å². The van der Waals surface area contributed by atoms with Crippen LogP contribution >= 0.6 is 45.8 Å². The van der Waals surface area contributed by atoms with E-state index in [-0.39, 0.29) is 32.7 Å². The first-order valence-electron chi connectivity index (χ1n) is 8.14. The molecule has 0 amide bonds. The van der Waals surface area contributed by atoms with Crippen LogP contribution in [0.25, 0.3) is 28.2 Å². The fourth-order valence-electron chi connectivity index (χ4n) is 2.87. The van der Waals surface area contributed by atoms with Crippen molar-refractivity contribution in [3.63, 3.8) is 0 Å².